The average Bonchev–Trinajstić information content (AvgIpc) is 3.05. The molecular weight excluding hydrogens is 374 g/mol. The highest BCUT2D eigenvalue weighted by molar-refractivity contribution is 6.15. The average molecular weight is 401 g/mol. The molecule has 2 heterocycles. The normalized spacial score (nSPS) is 21.5. The van der Waals surface area contributed by atoms with Crippen LogP contribution in [0.4, 0.5) is 5.69 Å². The van der Waals surface area contributed by atoms with Gasteiger partial charge in [0.25, 0.3) is 11.8 Å². The monoisotopic (exact) mass is 401 g/mol. The van der Waals surface area contributed by atoms with E-state index in [9.17, 15) is 19.2 Å². The number of nitrogens with one attached hydrogen (secondary N) is 1. The number of nitrogens with zero attached hydrogens (tertiary/aromatic N) is 2. The predicted molar refractivity (Wildman–Crippen MR) is 106 cm³/mol. The lowest BCUT2D eigenvalue weighted by Gasteiger charge is -2.47. The molecule has 8 nitrogen and oxygen atoms in total. The maximum absolute atomic E-state index is 13.2. The summed E-state index contributed by atoms with van der Waals surface area (Å²) >= 11 is 0. The highest BCUT2D eigenvalue weighted by Gasteiger charge is 2.61. The zero-order chi connectivity index (χ0) is 21.2. The fourth-order valence-electron chi connectivity index (χ4n) is 4.24. The van der Waals surface area contributed by atoms with E-state index < -0.39 is 24.1 Å². The van der Waals surface area contributed by atoms with Crippen LogP contribution in [0.5, 0.6) is 0 Å². The molecule has 0 radical (unpaired) electrons. The van der Waals surface area contributed by atoms with E-state index >= 15 is 0 Å². The van der Waals surface area contributed by atoms with Gasteiger partial charge >= 0.3 is 5.97 Å². The lowest BCUT2D eigenvalue weighted by molar-refractivity contribution is -0.160. The van der Waals surface area contributed by atoms with Gasteiger partial charge in [0, 0.05) is 25.4 Å². The van der Waals surface area contributed by atoms with Gasteiger partial charge < -0.3 is 15.0 Å². The molecule has 3 amide bonds. The smallest absolute Gasteiger partial charge is 0.354 e. The topological polar surface area (TPSA) is 96.0 Å². The summed E-state index contributed by atoms with van der Waals surface area (Å²) in [5, 5.41) is 2.78. The number of esters is 1. The minimum atomic E-state index is -1.55. The van der Waals surface area contributed by atoms with Crippen molar-refractivity contribution in [1.82, 2.24) is 10.2 Å². The maximum Gasteiger partial charge on any atom is 0.354 e. The summed E-state index contributed by atoms with van der Waals surface area (Å²) in [6.45, 7) is 5.43. The molecule has 0 aromatic heterocycles. The molecule has 0 bridgehead atoms. The second-order valence-corrected chi connectivity index (χ2v) is 7.45. The Labute approximate surface area is 170 Å². The van der Waals surface area contributed by atoms with E-state index in [1.807, 2.05) is 13.8 Å². The quantitative estimate of drug-likeness (QED) is 0.704. The van der Waals surface area contributed by atoms with E-state index in [-0.39, 0.29) is 37.2 Å². The first-order valence-corrected chi connectivity index (χ1v) is 10.1. The number of benzene rings is 1. The molecule has 8 heteroatoms. The van der Waals surface area contributed by atoms with Gasteiger partial charge in [0.15, 0.2) is 6.61 Å². The first kappa shape index (κ1) is 20.8. The lowest BCUT2D eigenvalue weighted by atomic mass is 9.96. The lowest BCUT2D eigenvalue weighted by Crippen LogP contribution is -2.68. The summed E-state index contributed by atoms with van der Waals surface area (Å²) in [7, 11) is 0. The molecular formula is C21H27N3O5. The summed E-state index contributed by atoms with van der Waals surface area (Å²) in [6, 6.07) is 6.72. The Morgan fingerprint density at radius 3 is 2.66 bits per heavy atom. The summed E-state index contributed by atoms with van der Waals surface area (Å²) in [4.78, 5) is 53.8. The number of para-hydroxylation sites is 1. The van der Waals surface area contributed by atoms with E-state index in [0.29, 0.717) is 11.3 Å². The minimum absolute atomic E-state index is 0.0239. The summed E-state index contributed by atoms with van der Waals surface area (Å²) in [5.41, 5.74) is -0.770. The van der Waals surface area contributed by atoms with Crippen molar-refractivity contribution < 1.29 is 23.9 Å². The maximum atomic E-state index is 13.2. The highest BCUT2D eigenvalue weighted by atomic mass is 16.5. The first-order valence-electron chi connectivity index (χ1n) is 10.1. The number of rotatable bonds is 7. The second-order valence-electron chi connectivity index (χ2n) is 7.45. The van der Waals surface area contributed by atoms with Crippen molar-refractivity contribution >= 4 is 29.4 Å². The molecule has 0 saturated carbocycles. The van der Waals surface area contributed by atoms with Gasteiger partial charge in [-0.05, 0) is 32.4 Å². The molecule has 0 unspecified atom stereocenters. The third-order valence-corrected chi connectivity index (χ3v) is 5.48. The number of carbonyl (C=O) groups excluding carboxylic acids is 4. The Kier molecular flexibility index (Phi) is 5.91. The van der Waals surface area contributed by atoms with Crippen molar-refractivity contribution in [2.24, 2.45) is 0 Å². The molecule has 2 aliphatic rings. The van der Waals surface area contributed by atoms with Crippen LogP contribution in [0.2, 0.25) is 0 Å². The zero-order valence-corrected chi connectivity index (χ0v) is 17.1. The Balaban J connectivity index is 1.87. The van der Waals surface area contributed by atoms with Crippen LogP contribution in [0.25, 0.3) is 0 Å². The van der Waals surface area contributed by atoms with Crippen LogP contribution in [-0.2, 0) is 19.1 Å². The molecule has 2 aliphatic heterocycles. The van der Waals surface area contributed by atoms with E-state index in [1.165, 1.54) is 9.80 Å². The van der Waals surface area contributed by atoms with Crippen molar-refractivity contribution in [3.8, 4) is 0 Å². The molecule has 2 atom stereocenters. The van der Waals surface area contributed by atoms with Gasteiger partial charge in [-0.15, -0.1) is 0 Å². The molecule has 0 spiro atoms. The summed E-state index contributed by atoms with van der Waals surface area (Å²) in [6.07, 6.45) is 1.99. The standard InChI is InChI=1S/C21H27N3O5/c1-4-8-14(3)22-17(25)13-29-20(28)21-12-11-18(26)24(21)16-10-7-6-9-15(16)19(27)23(21)5-2/h6-7,9-10,14H,4-5,8,11-13H2,1-3H3,(H,22,25)/t14-,21-/m1/s1. The van der Waals surface area contributed by atoms with Crippen molar-refractivity contribution in [3.63, 3.8) is 0 Å². The van der Waals surface area contributed by atoms with E-state index in [1.54, 1.807) is 31.2 Å². The number of carbonyl (C=O) groups is 4. The number of fused-ring (bicyclic) bond motifs is 3. The van der Waals surface area contributed by atoms with Crippen molar-refractivity contribution in [3.05, 3.63) is 29.8 Å². The molecule has 1 fully saturated rings. The number of anilines is 1. The fraction of sp³-hybridized carbons (Fsp3) is 0.524. The SMILES string of the molecule is CCC[C@@H](C)NC(=O)COC(=O)[C@@]12CCC(=O)N1c1ccccc1C(=O)N2CC. The van der Waals surface area contributed by atoms with Crippen LogP contribution in [0.15, 0.2) is 24.3 Å². The van der Waals surface area contributed by atoms with Gasteiger partial charge in [-0.3, -0.25) is 19.3 Å². The third-order valence-electron chi connectivity index (χ3n) is 5.48. The molecule has 1 aromatic rings. The van der Waals surface area contributed by atoms with Crippen LogP contribution < -0.4 is 10.2 Å². The van der Waals surface area contributed by atoms with Gasteiger partial charge in [-0.1, -0.05) is 25.5 Å². The van der Waals surface area contributed by atoms with Gasteiger partial charge in [0.2, 0.25) is 11.6 Å². The number of hydrogen-bond donors (Lipinski definition) is 1. The number of hydrogen-bond acceptors (Lipinski definition) is 5. The molecule has 1 aromatic carbocycles. The number of ether oxygens (including phenoxy) is 1. The van der Waals surface area contributed by atoms with Crippen LogP contribution in [0.1, 0.15) is 56.8 Å². The molecule has 29 heavy (non-hydrogen) atoms. The molecule has 1 N–H and O–H groups in total. The summed E-state index contributed by atoms with van der Waals surface area (Å²) < 4.78 is 5.33. The van der Waals surface area contributed by atoms with Crippen LogP contribution in [0, 0.1) is 0 Å². The molecule has 1 saturated heterocycles. The second kappa shape index (κ2) is 8.23. The summed E-state index contributed by atoms with van der Waals surface area (Å²) in [5.74, 6) is -1.74. The fourth-order valence-corrected chi connectivity index (χ4v) is 4.24. The van der Waals surface area contributed by atoms with Crippen molar-refractivity contribution in [2.45, 2.75) is 58.2 Å². The van der Waals surface area contributed by atoms with Gasteiger partial charge in [0.05, 0.1) is 11.3 Å². The van der Waals surface area contributed by atoms with E-state index in [0.717, 1.165) is 12.8 Å². The Morgan fingerprint density at radius 1 is 1.24 bits per heavy atom. The molecule has 0 aliphatic carbocycles. The van der Waals surface area contributed by atoms with E-state index in [2.05, 4.69) is 5.32 Å². The number of likely N-dealkylation sites (N-methyl/N-ethyl adjacent to an activating group) is 1. The van der Waals surface area contributed by atoms with Crippen LogP contribution >= 0.6 is 0 Å². The van der Waals surface area contributed by atoms with Crippen molar-refractivity contribution in [1.29, 1.82) is 0 Å². The highest BCUT2D eigenvalue weighted by Crippen LogP contribution is 2.44. The van der Waals surface area contributed by atoms with Gasteiger partial charge in [0.1, 0.15) is 0 Å². The van der Waals surface area contributed by atoms with Gasteiger partial charge in [-0.2, -0.15) is 0 Å². The van der Waals surface area contributed by atoms with Crippen molar-refractivity contribution in [2.75, 3.05) is 18.1 Å². The Morgan fingerprint density at radius 2 is 1.97 bits per heavy atom. The third kappa shape index (κ3) is 3.47. The molecule has 156 valence electrons. The van der Waals surface area contributed by atoms with Crippen LogP contribution in [0.3, 0.4) is 0 Å². The van der Waals surface area contributed by atoms with Crippen LogP contribution in [-0.4, -0.2) is 53.4 Å². The minimum Gasteiger partial charge on any atom is -0.452 e. The Bertz CT molecular complexity index is 839. The zero-order valence-electron chi connectivity index (χ0n) is 17.1. The predicted octanol–water partition coefficient (Wildman–Crippen LogP) is 1.83. The largest absolute Gasteiger partial charge is 0.452 e. The van der Waals surface area contributed by atoms with Gasteiger partial charge in [-0.25, -0.2) is 4.79 Å². The molecule has 3 rings (SSSR count). The Hall–Kier alpha value is -2.90. The first-order chi connectivity index (χ1) is 13.9. The van der Waals surface area contributed by atoms with E-state index in [4.69, 9.17) is 4.74 Å². The number of amides is 3.